The van der Waals surface area contributed by atoms with Crippen LogP contribution in [0.25, 0.3) is 0 Å². The average Bonchev–Trinajstić information content (AvgIpc) is 3.44. The van der Waals surface area contributed by atoms with Crippen LogP contribution in [0, 0.1) is 5.92 Å². The van der Waals surface area contributed by atoms with Crippen molar-refractivity contribution in [2.45, 2.75) is 32.1 Å². The van der Waals surface area contributed by atoms with Crippen LogP contribution in [-0.2, 0) is 33.7 Å². The van der Waals surface area contributed by atoms with Crippen LogP contribution in [0.4, 0.5) is 0 Å². The molecule has 6 heteroatoms. The van der Waals surface area contributed by atoms with Crippen molar-refractivity contribution in [2.24, 2.45) is 5.92 Å². The van der Waals surface area contributed by atoms with E-state index >= 15 is 0 Å². The molecule has 1 amide bonds. The van der Waals surface area contributed by atoms with Gasteiger partial charge < -0.3 is 23.8 Å². The predicted molar refractivity (Wildman–Crippen MR) is 106 cm³/mol. The Morgan fingerprint density at radius 1 is 1.00 bits per heavy atom. The number of carbonyl (C=O) groups is 1. The topological polar surface area (TPSA) is 57.2 Å². The van der Waals surface area contributed by atoms with E-state index in [1.54, 1.807) is 0 Å². The fourth-order valence-corrected chi connectivity index (χ4v) is 4.35. The minimum Gasteiger partial charge on any atom is -0.454 e. The predicted octanol–water partition coefficient (Wildman–Crippen LogP) is 2.92. The first-order valence-corrected chi connectivity index (χ1v) is 10.2. The van der Waals surface area contributed by atoms with Crippen LogP contribution in [0.3, 0.4) is 0 Å². The number of hydrogen-bond donors (Lipinski definition) is 0. The van der Waals surface area contributed by atoms with Crippen molar-refractivity contribution in [1.29, 1.82) is 0 Å². The summed E-state index contributed by atoms with van der Waals surface area (Å²) in [6.45, 7) is 2.33. The summed E-state index contributed by atoms with van der Waals surface area (Å²) >= 11 is 0. The van der Waals surface area contributed by atoms with Gasteiger partial charge in [-0.3, -0.25) is 4.79 Å². The van der Waals surface area contributed by atoms with Crippen molar-refractivity contribution < 1.29 is 23.7 Å². The molecule has 2 heterocycles. The van der Waals surface area contributed by atoms with Crippen LogP contribution >= 0.6 is 0 Å². The lowest BCUT2D eigenvalue weighted by Gasteiger charge is -2.31. The molecule has 1 fully saturated rings. The van der Waals surface area contributed by atoms with Crippen LogP contribution in [-0.4, -0.2) is 43.6 Å². The first-order chi connectivity index (χ1) is 14.3. The minimum atomic E-state index is -0.358. The first kappa shape index (κ1) is 18.5. The number of benzene rings is 2. The number of carbonyl (C=O) groups excluding carboxylic acids is 1. The lowest BCUT2D eigenvalue weighted by atomic mass is 9.83. The molecular formula is C23H25NO5. The van der Waals surface area contributed by atoms with E-state index in [1.807, 2.05) is 23.1 Å². The first-order valence-electron chi connectivity index (χ1n) is 10.2. The third-order valence-corrected chi connectivity index (χ3v) is 5.88. The number of amides is 1. The van der Waals surface area contributed by atoms with Crippen molar-refractivity contribution in [3.05, 3.63) is 59.2 Å². The van der Waals surface area contributed by atoms with Gasteiger partial charge in [-0.15, -0.1) is 0 Å². The largest absolute Gasteiger partial charge is 0.454 e. The summed E-state index contributed by atoms with van der Waals surface area (Å²) in [6, 6.07) is 14.3. The molecule has 1 saturated heterocycles. The van der Waals surface area contributed by atoms with Gasteiger partial charge in [-0.05, 0) is 48.1 Å². The Kier molecular flexibility index (Phi) is 5.12. The molecule has 0 aromatic heterocycles. The molecular weight excluding hydrogens is 370 g/mol. The number of fused-ring (bicyclic) bond motifs is 2. The highest BCUT2D eigenvalue weighted by Gasteiger charge is 2.31. The second-order valence-electron chi connectivity index (χ2n) is 7.79. The van der Waals surface area contributed by atoms with Crippen molar-refractivity contribution in [1.82, 2.24) is 4.90 Å². The highest BCUT2D eigenvalue weighted by Crippen LogP contribution is 2.33. The highest BCUT2D eigenvalue weighted by molar-refractivity contribution is 5.79. The Morgan fingerprint density at radius 3 is 2.66 bits per heavy atom. The molecule has 2 aromatic carbocycles. The Balaban J connectivity index is 1.34. The Morgan fingerprint density at radius 2 is 1.79 bits per heavy atom. The molecule has 5 rings (SSSR count). The second kappa shape index (κ2) is 8.05. The second-order valence-corrected chi connectivity index (χ2v) is 7.79. The molecule has 0 unspecified atom stereocenters. The zero-order valence-electron chi connectivity index (χ0n) is 16.3. The van der Waals surface area contributed by atoms with Gasteiger partial charge >= 0.3 is 0 Å². The maximum Gasteiger partial charge on any atom is 0.231 e. The molecule has 0 radical (unpaired) electrons. The zero-order valence-corrected chi connectivity index (χ0v) is 16.3. The van der Waals surface area contributed by atoms with Crippen LogP contribution in [0.1, 0.15) is 23.1 Å². The van der Waals surface area contributed by atoms with Gasteiger partial charge in [0.1, 0.15) is 0 Å². The van der Waals surface area contributed by atoms with Gasteiger partial charge in [0.25, 0.3) is 0 Å². The molecule has 0 N–H and O–H groups in total. The number of rotatable bonds is 5. The Bertz CT molecular complexity index is 893. The van der Waals surface area contributed by atoms with E-state index in [1.165, 1.54) is 11.1 Å². The number of nitrogens with zero attached hydrogens (tertiary/aromatic N) is 1. The summed E-state index contributed by atoms with van der Waals surface area (Å²) in [5.74, 6) is 1.63. The van der Waals surface area contributed by atoms with Crippen molar-refractivity contribution in [3.8, 4) is 11.5 Å². The molecule has 6 nitrogen and oxygen atoms in total. The third-order valence-electron chi connectivity index (χ3n) is 5.88. The summed E-state index contributed by atoms with van der Waals surface area (Å²) in [6.07, 6.45) is 2.25. The summed E-state index contributed by atoms with van der Waals surface area (Å²) in [5.41, 5.74) is 3.66. The van der Waals surface area contributed by atoms with E-state index in [0.29, 0.717) is 26.3 Å². The summed E-state index contributed by atoms with van der Waals surface area (Å²) < 4.78 is 22.2. The summed E-state index contributed by atoms with van der Waals surface area (Å²) in [7, 11) is 0. The molecule has 152 valence electrons. The molecule has 2 aliphatic heterocycles. The van der Waals surface area contributed by atoms with Crippen molar-refractivity contribution >= 4 is 5.91 Å². The number of aryl methyl sites for hydroxylation is 1. The maximum atomic E-state index is 13.5. The number of hydrogen-bond acceptors (Lipinski definition) is 5. The fraction of sp³-hybridized carbons (Fsp3) is 0.435. The van der Waals surface area contributed by atoms with Crippen LogP contribution in [0.5, 0.6) is 11.5 Å². The molecule has 3 aliphatic rings. The van der Waals surface area contributed by atoms with E-state index in [0.717, 1.165) is 36.3 Å². The van der Waals surface area contributed by atoms with E-state index in [4.69, 9.17) is 18.9 Å². The SMILES string of the molecule is O=C([C@H]1CCc2ccccc2C1)N(Cc1ccc2c(c1)OCO2)CC1OCCO1. The van der Waals surface area contributed by atoms with Crippen molar-refractivity contribution in [3.63, 3.8) is 0 Å². The zero-order chi connectivity index (χ0) is 19.6. The Labute approximate surface area is 170 Å². The summed E-state index contributed by atoms with van der Waals surface area (Å²) in [4.78, 5) is 15.4. The number of ether oxygens (including phenoxy) is 4. The minimum absolute atomic E-state index is 0.0136. The van der Waals surface area contributed by atoms with Crippen LogP contribution < -0.4 is 9.47 Å². The van der Waals surface area contributed by atoms with Crippen LogP contribution in [0.2, 0.25) is 0 Å². The lowest BCUT2D eigenvalue weighted by Crippen LogP contribution is -2.42. The lowest BCUT2D eigenvalue weighted by molar-refractivity contribution is -0.143. The smallest absolute Gasteiger partial charge is 0.231 e. The van der Waals surface area contributed by atoms with E-state index in [-0.39, 0.29) is 24.9 Å². The van der Waals surface area contributed by atoms with E-state index in [2.05, 4.69) is 24.3 Å². The molecule has 29 heavy (non-hydrogen) atoms. The molecule has 0 spiro atoms. The van der Waals surface area contributed by atoms with Gasteiger partial charge in [0.15, 0.2) is 17.8 Å². The van der Waals surface area contributed by atoms with E-state index < -0.39 is 0 Å². The van der Waals surface area contributed by atoms with Gasteiger partial charge in [-0.2, -0.15) is 0 Å². The molecule has 0 saturated carbocycles. The average molecular weight is 395 g/mol. The third kappa shape index (κ3) is 3.95. The van der Waals surface area contributed by atoms with Gasteiger partial charge in [-0.1, -0.05) is 30.3 Å². The molecule has 0 bridgehead atoms. The Hall–Kier alpha value is -2.57. The standard InChI is InChI=1S/C23H25NO5/c25-23(19-7-6-17-3-1-2-4-18(17)12-19)24(14-22-26-9-10-27-22)13-16-5-8-20-21(11-16)29-15-28-20/h1-5,8,11,19,22H,6-7,9-10,12-15H2/t19-/m0/s1. The molecule has 1 aliphatic carbocycles. The highest BCUT2D eigenvalue weighted by atomic mass is 16.7. The fourth-order valence-electron chi connectivity index (χ4n) is 4.35. The van der Waals surface area contributed by atoms with Gasteiger partial charge in [0.2, 0.25) is 12.7 Å². The van der Waals surface area contributed by atoms with Gasteiger partial charge in [-0.25, -0.2) is 0 Å². The van der Waals surface area contributed by atoms with E-state index in [9.17, 15) is 4.79 Å². The van der Waals surface area contributed by atoms with Crippen molar-refractivity contribution in [2.75, 3.05) is 26.6 Å². The monoisotopic (exact) mass is 395 g/mol. The normalized spacial score (nSPS) is 20.5. The van der Waals surface area contributed by atoms with Crippen LogP contribution in [0.15, 0.2) is 42.5 Å². The van der Waals surface area contributed by atoms with Gasteiger partial charge in [0, 0.05) is 12.5 Å². The molecule has 2 aromatic rings. The maximum absolute atomic E-state index is 13.5. The summed E-state index contributed by atoms with van der Waals surface area (Å²) in [5, 5.41) is 0. The quantitative estimate of drug-likeness (QED) is 0.779. The molecule has 1 atom stereocenters. The van der Waals surface area contributed by atoms with Gasteiger partial charge in [0.05, 0.1) is 19.8 Å².